The Hall–Kier alpha value is -0.850. The summed E-state index contributed by atoms with van der Waals surface area (Å²) in [7, 11) is -3.28. The van der Waals surface area contributed by atoms with Crippen LogP contribution in [0.1, 0.15) is 31.4 Å². The molecule has 0 saturated heterocycles. The van der Waals surface area contributed by atoms with E-state index in [1.54, 1.807) is 22.7 Å². The van der Waals surface area contributed by atoms with E-state index in [0.717, 1.165) is 25.7 Å². The average molecular weight is 272 g/mol. The van der Waals surface area contributed by atoms with Gasteiger partial charge in [-0.3, -0.25) is 0 Å². The molecule has 1 aromatic rings. The first-order valence-corrected chi connectivity index (χ1v) is 7.96. The maximum absolute atomic E-state index is 12.2. The van der Waals surface area contributed by atoms with E-state index in [1.165, 1.54) is 0 Å². The zero-order valence-corrected chi connectivity index (χ0v) is 11.2. The standard InChI is InChI=1S/C12H20N2O3S/c13-7-9-18(15,16)14(11-4-1-2-5-11)10-12-6-3-8-17-12/h3,6,8,11H,1-2,4-5,7,9-10,13H2. The average Bonchev–Trinajstić information content (AvgIpc) is 2.99. The van der Waals surface area contributed by atoms with Gasteiger partial charge in [0.25, 0.3) is 0 Å². The Balaban J connectivity index is 2.17. The van der Waals surface area contributed by atoms with Crippen molar-refractivity contribution in [3.63, 3.8) is 0 Å². The third-order valence-electron chi connectivity index (χ3n) is 3.36. The van der Waals surface area contributed by atoms with E-state index in [4.69, 9.17) is 10.2 Å². The molecule has 18 heavy (non-hydrogen) atoms. The van der Waals surface area contributed by atoms with E-state index in [-0.39, 0.29) is 18.3 Å². The summed E-state index contributed by atoms with van der Waals surface area (Å²) in [6.45, 7) is 0.476. The van der Waals surface area contributed by atoms with Crippen LogP contribution in [0.4, 0.5) is 0 Å². The Bertz CT molecular complexity index is 450. The summed E-state index contributed by atoms with van der Waals surface area (Å²) >= 11 is 0. The van der Waals surface area contributed by atoms with Gasteiger partial charge in [0.2, 0.25) is 10.0 Å². The summed E-state index contributed by atoms with van der Waals surface area (Å²) in [4.78, 5) is 0. The predicted molar refractivity (Wildman–Crippen MR) is 69.3 cm³/mol. The second-order valence-electron chi connectivity index (χ2n) is 4.67. The Morgan fingerprint density at radius 2 is 2.11 bits per heavy atom. The van der Waals surface area contributed by atoms with Gasteiger partial charge in [-0.05, 0) is 25.0 Å². The van der Waals surface area contributed by atoms with Crippen molar-refractivity contribution in [1.82, 2.24) is 4.31 Å². The van der Waals surface area contributed by atoms with E-state index < -0.39 is 10.0 Å². The maximum Gasteiger partial charge on any atom is 0.216 e. The fourth-order valence-corrected chi connectivity index (χ4v) is 3.99. The number of sulfonamides is 1. The van der Waals surface area contributed by atoms with Crippen LogP contribution < -0.4 is 5.73 Å². The van der Waals surface area contributed by atoms with Gasteiger partial charge in [0.1, 0.15) is 5.76 Å². The Labute approximate surface area is 108 Å². The first kappa shape index (κ1) is 13.6. The summed E-state index contributed by atoms with van der Waals surface area (Å²) in [5.74, 6) is 0.687. The molecule has 0 aromatic carbocycles. The molecule has 5 nitrogen and oxygen atoms in total. The van der Waals surface area contributed by atoms with Crippen LogP contribution in [0.5, 0.6) is 0 Å². The summed E-state index contributed by atoms with van der Waals surface area (Å²) in [6.07, 6.45) is 5.63. The lowest BCUT2D eigenvalue weighted by molar-refractivity contribution is 0.292. The van der Waals surface area contributed by atoms with Gasteiger partial charge in [-0.25, -0.2) is 8.42 Å². The van der Waals surface area contributed by atoms with Crippen molar-refractivity contribution in [2.75, 3.05) is 12.3 Å². The molecule has 0 atom stereocenters. The van der Waals surface area contributed by atoms with Gasteiger partial charge in [0, 0.05) is 12.6 Å². The van der Waals surface area contributed by atoms with Crippen LogP contribution in [0.2, 0.25) is 0 Å². The molecule has 1 aliphatic rings. The number of furan rings is 1. The van der Waals surface area contributed by atoms with Gasteiger partial charge in [0.05, 0.1) is 18.6 Å². The molecule has 0 radical (unpaired) electrons. The molecule has 0 amide bonds. The molecule has 1 saturated carbocycles. The zero-order chi connectivity index (χ0) is 13.0. The maximum atomic E-state index is 12.2. The lowest BCUT2D eigenvalue weighted by atomic mass is 10.2. The molecule has 1 aromatic heterocycles. The molecule has 0 spiro atoms. The molecule has 2 rings (SSSR count). The quantitative estimate of drug-likeness (QED) is 0.847. The van der Waals surface area contributed by atoms with Crippen LogP contribution in [-0.2, 0) is 16.6 Å². The Morgan fingerprint density at radius 3 is 2.67 bits per heavy atom. The minimum absolute atomic E-state index is 0.00418. The number of rotatable bonds is 6. The van der Waals surface area contributed by atoms with E-state index >= 15 is 0 Å². The smallest absolute Gasteiger partial charge is 0.216 e. The molecule has 0 unspecified atom stereocenters. The van der Waals surface area contributed by atoms with Crippen molar-refractivity contribution >= 4 is 10.0 Å². The molecule has 2 N–H and O–H groups in total. The second-order valence-corrected chi connectivity index (χ2v) is 6.71. The van der Waals surface area contributed by atoms with Crippen molar-refractivity contribution in [3.05, 3.63) is 24.2 Å². The summed E-state index contributed by atoms with van der Waals surface area (Å²) in [5, 5.41) is 0. The molecule has 1 fully saturated rings. The fourth-order valence-electron chi connectivity index (χ4n) is 2.47. The van der Waals surface area contributed by atoms with Crippen molar-refractivity contribution in [3.8, 4) is 0 Å². The molecule has 0 aliphatic heterocycles. The lowest BCUT2D eigenvalue weighted by Crippen LogP contribution is -2.40. The molecule has 6 heteroatoms. The van der Waals surface area contributed by atoms with Gasteiger partial charge in [-0.2, -0.15) is 4.31 Å². The highest BCUT2D eigenvalue weighted by molar-refractivity contribution is 7.89. The highest BCUT2D eigenvalue weighted by Crippen LogP contribution is 2.27. The van der Waals surface area contributed by atoms with E-state index in [2.05, 4.69) is 0 Å². The minimum Gasteiger partial charge on any atom is -0.468 e. The van der Waals surface area contributed by atoms with Gasteiger partial charge >= 0.3 is 0 Å². The summed E-state index contributed by atoms with van der Waals surface area (Å²) in [5.41, 5.74) is 5.40. The molecule has 1 heterocycles. The van der Waals surface area contributed by atoms with E-state index in [0.29, 0.717) is 12.3 Å². The van der Waals surface area contributed by atoms with Crippen LogP contribution in [0.25, 0.3) is 0 Å². The minimum atomic E-state index is -3.28. The van der Waals surface area contributed by atoms with E-state index in [9.17, 15) is 8.42 Å². The second kappa shape index (κ2) is 5.86. The van der Waals surface area contributed by atoms with Crippen LogP contribution in [-0.4, -0.2) is 31.1 Å². The van der Waals surface area contributed by atoms with Crippen LogP contribution in [0.15, 0.2) is 22.8 Å². The van der Waals surface area contributed by atoms with Gasteiger partial charge < -0.3 is 10.2 Å². The first-order chi connectivity index (χ1) is 8.63. The summed E-state index contributed by atoms with van der Waals surface area (Å²) < 4.78 is 31.3. The van der Waals surface area contributed by atoms with Crippen molar-refractivity contribution in [2.45, 2.75) is 38.3 Å². The van der Waals surface area contributed by atoms with Crippen LogP contribution in [0, 0.1) is 0 Å². The lowest BCUT2D eigenvalue weighted by Gasteiger charge is -2.27. The molecular weight excluding hydrogens is 252 g/mol. The Morgan fingerprint density at radius 1 is 1.39 bits per heavy atom. The van der Waals surface area contributed by atoms with Gasteiger partial charge in [-0.1, -0.05) is 12.8 Å². The monoisotopic (exact) mass is 272 g/mol. The molecular formula is C12H20N2O3S. The third kappa shape index (κ3) is 3.13. The molecule has 102 valence electrons. The zero-order valence-electron chi connectivity index (χ0n) is 10.4. The predicted octanol–water partition coefficient (Wildman–Crippen LogP) is 1.31. The highest BCUT2D eigenvalue weighted by atomic mass is 32.2. The fraction of sp³-hybridized carbons (Fsp3) is 0.667. The number of hydrogen-bond donors (Lipinski definition) is 1. The highest BCUT2D eigenvalue weighted by Gasteiger charge is 2.32. The summed E-state index contributed by atoms with van der Waals surface area (Å²) in [6, 6.07) is 3.68. The normalized spacial score (nSPS) is 17.7. The molecule has 0 bridgehead atoms. The van der Waals surface area contributed by atoms with Crippen molar-refractivity contribution < 1.29 is 12.8 Å². The van der Waals surface area contributed by atoms with Crippen LogP contribution >= 0.6 is 0 Å². The largest absolute Gasteiger partial charge is 0.468 e. The molecule has 1 aliphatic carbocycles. The third-order valence-corrected chi connectivity index (χ3v) is 5.25. The van der Waals surface area contributed by atoms with Crippen molar-refractivity contribution in [2.24, 2.45) is 5.73 Å². The SMILES string of the molecule is NCCS(=O)(=O)N(Cc1ccco1)C1CCCC1. The van der Waals surface area contributed by atoms with Crippen molar-refractivity contribution in [1.29, 1.82) is 0 Å². The topological polar surface area (TPSA) is 76.5 Å². The van der Waals surface area contributed by atoms with E-state index in [1.807, 2.05) is 0 Å². The number of nitrogens with two attached hydrogens (primary N) is 1. The van der Waals surface area contributed by atoms with Gasteiger partial charge in [-0.15, -0.1) is 0 Å². The number of hydrogen-bond acceptors (Lipinski definition) is 4. The van der Waals surface area contributed by atoms with Crippen LogP contribution in [0.3, 0.4) is 0 Å². The van der Waals surface area contributed by atoms with Gasteiger partial charge in [0.15, 0.2) is 0 Å². The number of nitrogens with zero attached hydrogens (tertiary/aromatic N) is 1. The first-order valence-electron chi connectivity index (χ1n) is 6.35. The Kier molecular flexibility index (Phi) is 4.42.